The zero-order valence-electron chi connectivity index (χ0n) is 11.6. The third-order valence-corrected chi connectivity index (χ3v) is 5.87. The summed E-state index contributed by atoms with van der Waals surface area (Å²) in [4.78, 5) is 12.2. The number of carbonyl (C=O) groups excluding carboxylic acids is 1. The van der Waals surface area contributed by atoms with E-state index in [2.05, 4.69) is 5.32 Å². The van der Waals surface area contributed by atoms with Crippen LogP contribution < -0.4 is 11.1 Å². The number of nitrogens with one attached hydrogen (secondary N) is 1. The van der Waals surface area contributed by atoms with E-state index in [9.17, 15) is 4.79 Å². The highest BCUT2D eigenvalue weighted by atomic mass is 16.2. The predicted molar refractivity (Wildman–Crippen MR) is 71.8 cm³/mol. The van der Waals surface area contributed by atoms with Crippen molar-refractivity contribution in [1.82, 2.24) is 5.32 Å². The molecule has 0 saturated heterocycles. The minimum Gasteiger partial charge on any atom is -0.353 e. The van der Waals surface area contributed by atoms with Crippen LogP contribution in [0.5, 0.6) is 0 Å². The van der Waals surface area contributed by atoms with Gasteiger partial charge < -0.3 is 11.1 Å². The van der Waals surface area contributed by atoms with Crippen LogP contribution in [0.1, 0.15) is 46.0 Å². The van der Waals surface area contributed by atoms with Gasteiger partial charge in [0.2, 0.25) is 5.91 Å². The van der Waals surface area contributed by atoms with Gasteiger partial charge in [0.25, 0.3) is 0 Å². The van der Waals surface area contributed by atoms with Gasteiger partial charge >= 0.3 is 0 Å². The first kappa shape index (κ1) is 12.5. The van der Waals surface area contributed by atoms with Crippen LogP contribution in [-0.4, -0.2) is 18.5 Å². The number of amides is 1. The van der Waals surface area contributed by atoms with Crippen LogP contribution >= 0.6 is 0 Å². The second kappa shape index (κ2) is 4.22. The van der Waals surface area contributed by atoms with Crippen LogP contribution in [0, 0.1) is 29.1 Å². The Hall–Kier alpha value is -0.570. The lowest BCUT2D eigenvalue weighted by atomic mass is 9.78. The van der Waals surface area contributed by atoms with Crippen LogP contribution in [0.25, 0.3) is 0 Å². The first-order chi connectivity index (χ1) is 8.53. The summed E-state index contributed by atoms with van der Waals surface area (Å²) in [6.45, 7) is 4.30. The second-order valence-corrected chi connectivity index (χ2v) is 7.32. The summed E-state index contributed by atoms with van der Waals surface area (Å²) in [6.07, 6.45) is 6.85. The van der Waals surface area contributed by atoms with Crippen LogP contribution in [0.3, 0.4) is 0 Å². The van der Waals surface area contributed by atoms with Gasteiger partial charge in [0.05, 0.1) is 5.41 Å². The molecule has 1 amide bonds. The number of carbonyl (C=O) groups is 1. The number of nitrogens with two attached hydrogens (primary N) is 1. The summed E-state index contributed by atoms with van der Waals surface area (Å²) >= 11 is 0. The summed E-state index contributed by atoms with van der Waals surface area (Å²) in [5.41, 5.74) is 5.26. The van der Waals surface area contributed by atoms with E-state index in [1.165, 1.54) is 32.1 Å². The molecule has 0 radical (unpaired) electrons. The Labute approximate surface area is 110 Å². The maximum atomic E-state index is 12.2. The summed E-state index contributed by atoms with van der Waals surface area (Å²) in [5, 5.41) is 3.30. The highest BCUT2D eigenvalue weighted by Gasteiger charge is 2.54. The molecule has 3 nitrogen and oxygen atoms in total. The summed E-state index contributed by atoms with van der Waals surface area (Å²) in [7, 11) is 0. The van der Waals surface area contributed by atoms with Gasteiger partial charge in [0.1, 0.15) is 0 Å². The maximum Gasteiger partial charge on any atom is 0.227 e. The monoisotopic (exact) mass is 250 g/mol. The van der Waals surface area contributed by atoms with Crippen molar-refractivity contribution in [2.24, 2.45) is 34.8 Å². The van der Waals surface area contributed by atoms with Gasteiger partial charge in [0.15, 0.2) is 0 Å². The summed E-state index contributed by atoms with van der Waals surface area (Å²) in [6, 6.07) is 0.438. The number of fused-ring (bicyclic) bond motifs is 5. The van der Waals surface area contributed by atoms with E-state index in [4.69, 9.17) is 5.73 Å². The molecule has 102 valence electrons. The Morgan fingerprint density at radius 2 is 1.94 bits per heavy atom. The van der Waals surface area contributed by atoms with Gasteiger partial charge in [-0.05, 0) is 63.2 Å². The van der Waals surface area contributed by atoms with Crippen LogP contribution in [0.15, 0.2) is 0 Å². The van der Waals surface area contributed by atoms with Crippen LogP contribution in [-0.2, 0) is 4.79 Å². The predicted octanol–water partition coefficient (Wildman–Crippen LogP) is 1.91. The van der Waals surface area contributed by atoms with Crippen LogP contribution in [0.4, 0.5) is 0 Å². The maximum absolute atomic E-state index is 12.2. The first-order valence-corrected chi connectivity index (χ1v) is 7.54. The Morgan fingerprint density at radius 3 is 2.67 bits per heavy atom. The average Bonchev–Trinajstić information content (AvgIpc) is 2.99. The molecule has 3 aliphatic rings. The van der Waals surface area contributed by atoms with Crippen molar-refractivity contribution in [3.8, 4) is 0 Å². The Bertz CT molecular complexity index is 352. The third-order valence-electron chi connectivity index (χ3n) is 5.87. The topological polar surface area (TPSA) is 55.1 Å². The summed E-state index contributed by atoms with van der Waals surface area (Å²) < 4.78 is 0. The van der Waals surface area contributed by atoms with Crippen molar-refractivity contribution in [1.29, 1.82) is 0 Å². The fraction of sp³-hybridized carbons (Fsp3) is 0.933. The van der Waals surface area contributed by atoms with Gasteiger partial charge in [-0.15, -0.1) is 0 Å². The highest BCUT2D eigenvalue weighted by Crippen LogP contribution is 2.58. The molecule has 0 aromatic heterocycles. The molecule has 3 rings (SSSR count). The van der Waals surface area contributed by atoms with Crippen molar-refractivity contribution in [3.05, 3.63) is 0 Å². The number of rotatable bonds is 3. The Morgan fingerprint density at radius 1 is 1.22 bits per heavy atom. The number of hydrogen-bond acceptors (Lipinski definition) is 2. The van der Waals surface area contributed by atoms with E-state index in [-0.39, 0.29) is 5.91 Å². The second-order valence-electron chi connectivity index (χ2n) is 7.32. The summed E-state index contributed by atoms with van der Waals surface area (Å²) in [5.74, 6) is 3.71. The SMILES string of the molecule is CC(C)(CN)C(=O)NC1CC2CC1C1CCCC21. The Kier molecular flexibility index (Phi) is 2.92. The standard InChI is InChI=1S/C15H26N2O/c1-15(2,8-16)14(18)17-13-7-9-6-12(13)11-5-3-4-10(9)11/h9-13H,3-8,16H2,1-2H3,(H,17,18). The van der Waals surface area contributed by atoms with E-state index in [1.807, 2.05) is 13.8 Å². The van der Waals surface area contributed by atoms with Crippen molar-refractivity contribution >= 4 is 5.91 Å². The first-order valence-electron chi connectivity index (χ1n) is 7.54. The smallest absolute Gasteiger partial charge is 0.227 e. The van der Waals surface area contributed by atoms with Gasteiger partial charge in [0, 0.05) is 12.6 Å². The quantitative estimate of drug-likeness (QED) is 0.804. The number of hydrogen-bond donors (Lipinski definition) is 2. The minimum absolute atomic E-state index is 0.150. The van der Waals surface area contributed by atoms with Gasteiger partial charge in [-0.1, -0.05) is 6.42 Å². The van der Waals surface area contributed by atoms with Gasteiger partial charge in [-0.25, -0.2) is 0 Å². The fourth-order valence-corrected chi connectivity index (χ4v) is 4.69. The van der Waals surface area contributed by atoms with E-state index in [0.717, 1.165) is 23.7 Å². The third kappa shape index (κ3) is 1.78. The zero-order valence-corrected chi connectivity index (χ0v) is 11.6. The molecule has 5 atom stereocenters. The normalized spacial score (nSPS) is 42.1. The van der Waals surface area contributed by atoms with E-state index in [1.54, 1.807) is 0 Å². The van der Waals surface area contributed by atoms with E-state index in [0.29, 0.717) is 12.6 Å². The van der Waals surface area contributed by atoms with Gasteiger partial charge in [-0.2, -0.15) is 0 Å². The molecule has 0 aliphatic heterocycles. The molecule has 3 fully saturated rings. The molecule has 3 N–H and O–H groups in total. The van der Waals surface area contributed by atoms with Crippen LogP contribution in [0.2, 0.25) is 0 Å². The van der Waals surface area contributed by atoms with Crippen molar-refractivity contribution in [2.45, 2.75) is 52.0 Å². The molecule has 3 heteroatoms. The molecule has 18 heavy (non-hydrogen) atoms. The van der Waals surface area contributed by atoms with Crippen molar-refractivity contribution in [2.75, 3.05) is 6.54 Å². The minimum atomic E-state index is -0.420. The van der Waals surface area contributed by atoms with E-state index >= 15 is 0 Å². The lowest BCUT2D eigenvalue weighted by Gasteiger charge is -2.34. The molecule has 3 aliphatic carbocycles. The lowest BCUT2D eigenvalue weighted by Crippen LogP contribution is -2.49. The fourth-order valence-electron chi connectivity index (χ4n) is 4.69. The molecule has 0 aromatic rings. The molecular formula is C15H26N2O. The molecule has 0 spiro atoms. The zero-order chi connectivity index (χ0) is 12.9. The lowest BCUT2D eigenvalue weighted by molar-refractivity contribution is -0.130. The molecular weight excluding hydrogens is 224 g/mol. The molecule has 0 heterocycles. The molecule has 5 unspecified atom stereocenters. The van der Waals surface area contributed by atoms with Crippen molar-refractivity contribution < 1.29 is 4.79 Å². The molecule has 2 bridgehead atoms. The van der Waals surface area contributed by atoms with Gasteiger partial charge in [-0.3, -0.25) is 4.79 Å². The van der Waals surface area contributed by atoms with E-state index < -0.39 is 5.41 Å². The Balaban J connectivity index is 1.65. The average molecular weight is 250 g/mol. The highest BCUT2D eigenvalue weighted by molar-refractivity contribution is 5.82. The molecule has 3 saturated carbocycles. The largest absolute Gasteiger partial charge is 0.353 e. The van der Waals surface area contributed by atoms with Crippen molar-refractivity contribution in [3.63, 3.8) is 0 Å². The molecule has 0 aromatic carbocycles.